The molecule has 5 heteroatoms. The molecule has 242 valence electrons. The first-order valence-corrected chi connectivity index (χ1v) is 17.1. The van der Waals surface area contributed by atoms with Gasteiger partial charge in [-0.15, -0.1) is 0 Å². The molecule has 52 heavy (non-hydrogen) atoms. The maximum absolute atomic E-state index is 8.89. The molecule has 11 rings (SSSR count). The van der Waals surface area contributed by atoms with Crippen molar-refractivity contribution in [3.05, 3.63) is 176 Å². The highest BCUT2D eigenvalue weighted by atomic mass is 15.2. The molecule has 0 atom stereocenters. The van der Waals surface area contributed by atoms with Crippen LogP contribution in [0.25, 0.3) is 83.2 Å². The molecule has 0 N–H and O–H groups in total. The molecule has 0 saturated heterocycles. The lowest BCUT2D eigenvalue weighted by molar-refractivity contribution is 0.953. The maximum atomic E-state index is 8.89. The lowest BCUT2D eigenvalue weighted by Gasteiger charge is -2.34. The number of benzene rings is 8. The van der Waals surface area contributed by atoms with Crippen LogP contribution in [0.3, 0.4) is 0 Å². The van der Waals surface area contributed by atoms with Crippen LogP contribution >= 0.6 is 0 Å². The van der Waals surface area contributed by atoms with Crippen molar-refractivity contribution in [2.24, 2.45) is 0 Å². The predicted octanol–water partition coefficient (Wildman–Crippen LogP) is 12.1. The van der Waals surface area contributed by atoms with E-state index in [0.717, 1.165) is 66.0 Å². The molecule has 0 unspecified atom stereocenters. The van der Waals surface area contributed by atoms with Crippen LogP contribution in [0.5, 0.6) is 0 Å². The van der Waals surface area contributed by atoms with Crippen molar-refractivity contribution in [3.8, 4) is 39.9 Å². The Balaban J connectivity index is 1.19. The highest BCUT2D eigenvalue weighted by Gasteiger charge is 2.28. The second-order valence-electron chi connectivity index (χ2n) is 12.9. The van der Waals surface area contributed by atoms with Crippen LogP contribution in [0.1, 0.15) is 6.85 Å². The first-order valence-electron chi connectivity index (χ1n) is 19.6. The molecular formula is C47H29N5. The van der Waals surface area contributed by atoms with E-state index in [0.29, 0.717) is 11.4 Å². The number of anilines is 3. The summed E-state index contributed by atoms with van der Waals surface area (Å²) in [4.78, 5) is 17.2. The summed E-state index contributed by atoms with van der Waals surface area (Å²) in [6.45, 7) is 0. The molecule has 5 nitrogen and oxygen atoms in total. The van der Waals surface area contributed by atoms with Crippen LogP contribution in [0.2, 0.25) is 0 Å². The Hall–Kier alpha value is -7.11. The topological polar surface area (TPSA) is 46.8 Å². The third-order valence-corrected chi connectivity index (χ3v) is 10.0. The number of hydrogen-bond acceptors (Lipinski definition) is 4. The molecular weight excluding hydrogens is 635 g/mol. The number of hydrogen-bond donors (Lipinski definition) is 0. The molecule has 10 aromatic rings. The summed E-state index contributed by atoms with van der Waals surface area (Å²) >= 11 is 0. The minimum absolute atomic E-state index is 0.0210. The molecule has 2 aromatic heterocycles. The number of aromatic nitrogens is 4. The highest BCUT2D eigenvalue weighted by molar-refractivity contribution is 6.19. The fourth-order valence-corrected chi connectivity index (χ4v) is 7.82. The Morgan fingerprint density at radius 3 is 1.92 bits per heavy atom. The summed E-state index contributed by atoms with van der Waals surface area (Å²) in [7, 11) is 0. The Labute approximate surface area is 306 Å². The van der Waals surface area contributed by atoms with Crippen molar-refractivity contribution in [1.29, 1.82) is 0 Å². The largest absolute Gasteiger partial charge is 0.309 e. The second-order valence-corrected chi connectivity index (χ2v) is 12.9. The van der Waals surface area contributed by atoms with Gasteiger partial charge >= 0.3 is 0 Å². The molecule has 0 saturated carbocycles. The maximum Gasteiger partial charge on any atom is 0.238 e. The van der Waals surface area contributed by atoms with Gasteiger partial charge in [-0.2, -0.15) is 9.97 Å². The third kappa shape index (κ3) is 4.26. The van der Waals surface area contributed by atoms with E-state index in [1.165, 1.54) is 5.56 Å². The fraction of sp³-hybridized carbons (Fsp3) is 0. The van der Waals surface area contributed by atoms with Gasteiger partial charge in [0.25, 0.3) is 0 Å². The van der Waals surface area contributed by atoms with E-state index in [9.17, 15) is 0 Å². The Kier molecular flexibility index (Phi) is 5.19. The Bertz CT molecular complexity index is 3250. The number of fused-ring (bicyclic) bond motifs is 7. The fourth-order valence-electron chi connectivity index (χ4n) is 7.82. The SMILES string of the molecule is [2H]c1c([2H])c([2H])c(-c2nc(-c3cccc(N4c5c(ccc6ccccc56)-c5cccc6cccc4c56)c3)nc(-n3c4ccccc4c4ccccc43)n2)c([2H])c1[2H]. The van der Waals surface area contributed by atoms with Gasteiger partial charge in [0.15, 0.2) is 11.6 Å². The Morgan fingerprint density at radius 2 is 1.13 bits per heavy atom. The normalized spacial score (nSPS) is 13.5. The number of rotatable bonds is 4. The summed E-state index contributed by atoms with van der Waals surface area (Å²) < 4.78 is 44.9. The zero-order valence-corrected chi connectivity index (χ0v) is 27.6. The molecule has 1 aliphatic rings. The first kappa shape index (κ1) is 24.1. The minimum atomic E-state index is -0.482. The van der Waals surface area contributed by atoms with Crippen LogP contribution in [0.4, 0.5) is 17.1 Å². The van der Waals surface area contributed by atoms with E-state index in [4.69, 9.17) is 21.8 Å². The van der Waals surface area contributed by atoms with Gasteiger partial charge in [0.1, 0.15) is 0 Å². The molecule has 0 fully saturated rings. The summed E-state index contributed by atoms with van der Waals surface area (Å²) in [5.74, 6) is 0.532. The molecule has 0 bridgehead atoms. The summed E-state index contributed by atoms with van der Waals surface area (Å²) in [6, 6.07) is 47.5. The van der Waals surface area contributed by atoms with E-state index in [1.54, 1.807) is 0 Å². The second kappa shape index (κ2) is 11.2. The predicted molar refractivity (Wildman–Crippen MR) is 214 cm³/mol. The van der Waals surface area contributed by atoms with Gasteiger partial charge in [-0.1, -0.05) is 145 Å². The summed E-state index contributed by atoms with van der Waals surface area (Å²) in [5, 5.41) is 6.55. The molecule has 0 amide bonds. The quantitative estimate of drug-likeness (QED) is 0.187. The van der Waals surface area contributed by atoms with Gasteiger partial charge < -0.3 is 4.90 Å². The zero-order valence-electron chi connectivity index (χ0n) is 32.6. The van der Waals surface area contributed by atoms with E-state index >= 15 is 0 Å². The van der Waals surface area contributed by atoms with E-state index in [1.807, 2.05) is 53.1 Å². The van der Waals surface area contributed by atoms with Gasteiger partial charge in [0.2, 0.25) is 5.95 Å². The summed E-state index contributed by atoms with van der Waals surface area (Å²) in [6.07, 6.45) is 0. The smallest absolute Gasteiger partial charge is 0.238 e. The first-order chi connectivity index (χ1) is 27.9. The van der Waals surface area contributed by atoms with Gasteiger partial charge in [-0.25, -0.2) is 4.98 Å². The molecule has 0 spiro atoms. The van der Waals surface area contributed by atoms with Crippen molar-refractivity contribution in [1.82, 2.24) is 19.5 Å². The molecule has 0 radical (unpaired) electrons. The third-order valence-electron chi connectivity index (χ3n) is 10.0. The van der Waals surface area contributed by atoms with Gasteiger partial charge in [0, 0.05) is 43.9 Å². The highest BCUT2D eigenvalue weighted by Crippen LogP contribution is 2.53. The van der Waals surface area contributed by atoms with Gasteiger partial charge in [-0.05, 0) is 46.7 Å². The molecule has 3 heterocycles. The molecule has 1 aliphatic heterocycles. The van der Waals surface area contributed by atoms with Crippen LogP contribution in [-0.4, -0.2) is 19.5 Å². The average molecular weight is 669 g/mol. The van der Waals surface area contributed by atoms with Gasteiger partial charge in [-0.3, -0.25) is 4.57 Å². The van der Waals surface area contributed by atoms with Crippen molar-refractivity contribution < 1.29 is 6.85 Å². The van der Waals surface area contributed by atoms with Crippen LogP contribution < -0.4 is 4.90 Å². The number of nitrogens with zero attached hydrogens (tertiary/aromatic N) is 5. The lowest BCUT2D eigenvalue weighted by Crippen LogP contribution is -2.15. The monoisotopic (exact) mass is 668 g/mol. The van der Waals surface area contributed by atoms with E-state index in [2.05, 4.69) is 102 Å². The molecule has 8 aromatic carbocycles. The number of para-hydroxylation sites is 2. The standard InChI is InChI=1S/C47H29N5/c1-2-14-32(15-3-1)45-48-46(50-47(49-45)52-40-24-8-6-21-36(40)37-22-7-9-25-41(37)52)33-18-10-19-34(29-33)51-42-26-12-17-31-16-11-23-38(43(31)42)39-28-27-30-13-4-5-20-35(30)44(39)51/h1-29H/i1D,2D,3D,14D,15D. The zero-order chi connectivity index (χ0) is 38.5. The van der Waals surface area contributed by atoms with Crippen LogP contribution in [-0.2, 0) is 0 Å². The average Bonchev–Trinajstić information content (AvgIpc) is 3.59. The van der Waals surface area contributed by atoms with E-state index < -0.39 is 18.1 Å². The van der Waals surface area contributed by atoms with Crippen molar-refractivity contribution in [2.75, 3.05) is 4.90 Å². The Morgan fingerprint density at radius 1 is 0.481 bits per heavy atom. The minimum Gasteiger partial charge on any atom is -0.309 e. The molecule has 0 aliphatic carbocycles. The lowest BCUT2D eigenvalue weighted by atomic mass is 9.88. The van der Waals surface area contributed by atoms with Crippen molar-refractivity contribution in [2.45, 2.75) is 0 Å². The van der Waals surface area contributed by atoms with E-state index in [-0.39, 0.29) is 29.4 Å². The summed E-state index contributed by atoms with van der Waals surface area (Å²) in [5.41, 5.74) is 7.59. The van der Waals surface area contributed by atoms with Crippen molar-refractivity contribution >= 4 is 60.4 Å². The van der Waals surface area contributed by atoms with Crippen molar-refractivity contribution in [3.63, 3.8) is 0 Å². The van der Waals surface area contributed by atoms with Gasteiger partial charge in [0.05, 0.1) is 29.3 Å². The van der Waals surface area contributed by atoms with Crippen LogP contribution in [0, 0.1) is 0 Å². The van der Waals surface area contributed by atoms with Crippen LogP contribution in [0.15, 0.2) is 176 Å².